The van der Waals surface area contributed by atoms with E-state index in [2.05, 4.69) is 6.92 Å². The summed E-state index contributed by atoms with van der Waals surface area (Å²) in [6.45, 7) is 9.95. The van der Waals surface area contributed by atoms with Crippen molar-refractivity contribution in [3.05, 3.63) is 11.3 Å². The van der Waals surface area contributed by atoms with Crippen LogP contribution in [0.5, 0.6) is 0 Å². The maximum atomic E-state index is 12.9. The van der Waals surface area contributed by atoms with Crippen LogP contribution in [0.2, 0.25) is 0 Å². The molecule has 1 unspecified atom stereocenters. The number of aliphatic hydroxyl groups excluding tert-OH is 1. The van der Waals surface area contributed by atoms with Gasteiger partial charge < -0.3 is 5.11 Å². The van der Waals surface area contributed by atoms with E-state index in [9.17, 15) is 19.5 Å². The first-order valence-electron chi connectivity index (χ1n) is 10.5. The highest BCUT2D eigenvalue weighted by molar-refractivity contribution is 6.08. The number of allylic oxidation sites excluding steroid dienone is 2. The highest BCUT2D eigenvalue weighted by Gasteiger charge is 2.47. The normalized spacial score (nSPS) is 24.4. The first-order valence-corrected chi connectivity index (χ1v) is 10.5. The van der Waals surface area contributed by atoms with Gasteiger partial charge in [0.1, 0.15) is 11.6 Å². The lowest BCUT2D eigenvalue weighted by molar-refractivity contribution is -0.141. The Balaban J connectivity index is 2.36. The van der Waals surface area contributed by atoms with Gasteiger partial charge in [-0.1, -0.05) is 60.3 Å². The molecule has 1 N–H and O–H groups in total. The Kier molecular flexibility index (Phi) is 6.70. The summed E-state index contributed by atoms with van der Waals surface area (Å²) in [5.41, 5.74) is -0.218. The Hall–Kier alpha value is -1.45. The number of unbranched alkanes of at least 4 members (excludes halogenated alkanes) is 3. The van der Waals surface area contributed by atoms with Crippen LogP contribution >= 0.6 is 0 Å². The SMILES string of the molecule is CCCCCCC(C1=C(O)CC(C)(C)CC1=O)C1C(=O)CC(C)(C)CC1=O. The second-order valence-corrected chi connectivity index (χ2v) is 10.2. The molecule has 0 radical (unpaired) electrons. The van der Waals surface area contributed by atoms with Gasteiger partial charge in [0.25, 0.3) is 0 Å². The topological polar surface area (TPSA) is 71.4 Å². The average molecular weight is 377 g/mol. The van der Waals surface area contributed by atoms with Crippen LogP contribution in [-0.4, -0.2) is 22.5 Å². The molecule has 0 aliphatic heterocycles. The predicted molar refractivity (Wildman–Crippen MR) is 106 cm³/mol. The van der Waals surface area contributed by atoms with Crippen LogP contribution in [0.4, 0.5) is 0 Å². The molecule has 0 heterocycles. The lowest BCUT2D eigenvalue weighted by Crippen LogP contribution is -2.44. The van der Waals surface area contributed by atoms with Crippen LogP contribution in [0.3, 0.4) is 0 Å². The second kappa shape index (κ2) is 8.28. The molecule has 1 fully saturated rings. The summed E-state index contributed by atoms with van der Waals surface area (Å²) >= 11 is 0. The molecule has 2 aliphatic rings. The van der Waals surface area contributed by atoms with Gasteiger partial charge in [0.2, 0.25) is 0 Å². The maximum Gasteiger partial charge on any atom is 0.163 e. The van der Waals surface area contributed by atoms with E-state index < -0.39 is 11.8 Å². The van der Waals surface area contributed by atoms with E-state index in [0.717, 1.165) is 25.7 Å². The number of hydrogen-bond donors (Lipinski definition) is 1. The predicted octanol–water partition coefficient (Wildman–Crippen LogP) is 5.35. The number of carbonyl (C=O) groups excluding carboxylic acids is 3. The Bertz CT molecular complexity index is 619. The Morgan fingerprint density at radius 1 is 0.889 bits per heavy atom. The molecule has 0 aromatic rings. The molecule has 1 saturated carbocycles. The minimum Gasteiger partial charge on any atom is -0.512 e. The van der Waals surface area contributed by atoms with Crippen molar-refractivity contribution in [1.82, 2.24) is 0 Å². The van der Waals surface area contributed by atoms with E-state index in [4.69, 9.17) is 0 Å². The van der Waals surface area contributed by atoms with Crippen molar-refractivity contribution in [1.29, 1.82) is 0 Å². The zero-order chi connectivity index (χ0) is 20.4. The van der Waals surface area contributed by atoms with E-state index in [1.165, 1.54) is 0 Å². The van der Waals surface area contributed by atoms with Crippen molar-refractivity contribution in [3.8, 4) is 0 Å². The van der Waals surface area contributed by atoms with E-state index >= 15 is 0 Å². The van der Waals surface area contributed by atoms with E-state index in [1.807, 2.05) is 27.7 Å². The van der Waals surface area contributed by atoms with Crippen molar-refractivity contribution in [2.24, 2.45) is 22.7 Å². The number of rotatable bonds is 7. The van der Waals surface area contributed by atoms with Crippen LogP contribution < -0.4 is 0 Å². The fourth-order valence-electron chi connectivity index (χ4n) is 4.85. The number of aliphatic hydroxyl groups is 1. The molecule has 1 atom stereocenters. The first-order chi connectivity index (χ1) is 12.5. The van der Waals surface area contributed by atoms with E-state index in [-0.39, 0.29) is 33.9 Å². The summed E-state index contributed by atoms with van der Waals surface area (Å²) in [5.74, 6) is -1.33. The minimum atomic E-state index is -0.762. The summed E-state index contributed by atoms with van der Waals surface area (Å²) in [5, 5.41) is 10.7. The third kappa shape index (κ3) is 5.30. The van der Waals surface area contributed by atoms with Gasteiger partial charge in [-0.05, 0) is 17.3 Å². The van der Waals surface area contributed by atoms with Crippen molar-refractivity contribution >= 4 is 17.3 Å². The Morgan fingerprint density at radius 2 is 1.44 bits per heavy atom. The third-order valence-corrected chi connectivity index (χ3v) is 6.04. The molecule has 152 valence electrons. The third-order valence-electron chi connectivity index (χ3n) is 6.04. The van der Waals surface area contributed by atoms with Gasteiger partial charge in [0.05, 0.1) is 11.7 Å². The van der Waals surface area contributed by atoms with Gasteiger partial charge in [-0.25, -0.2) is 0 Å². The Morgan fingerprint density at radius 3 is 1.96 bits per heavy atom. The second-order valence-electron chi connectivity index (χ2n) is 10.2. The smallest absolute Gasteiger partial charge is 0.163 e. The molecule has 0 amide bonds. The quantitative estimate of drug-likeness (QED) is 0.480. The fourth-order valence-corrected chi connectivity index (χ4v) is 4.85. The van der Waals surface area contributed by atoms with Gasteiger partial charge in [0, 0.05) is 37.2 Å². The zero-order valence-electron chi connectivity index (χ0n) is 17.7. The van der Waals surface area contributed by atoms with Crippen molar-refractivity contribution in [3.63, 3.8) is 0 Å². The van der Waals surface area contributed by atoms with Gasteiger partial charge in [-0.3, -0.25) is 14.4 Å². The molecule has 2 aliphatic carbocycles. The fraction of sp³-hybridized carbons (Fsp3) is 0.783. The molecule has 0 spiro atoms. The molecule has 2 rings (SSSR count). The molecule has 0 saturated heterocycles. The summed E-state index contributed by atoms with van der Waals surface area (Å²) in [6.07, 6.45) is 6.21. The monoisotopic (exact) mass is 376 g/mol. The average Bonchev–Trinajstić information content (AvgIpc) is 2.46. The van der Waals surface area contributed by atoms with Gasteiger partial charge in [0.15, 0.2) is 5.78 Å². The van der Waals surface area contributed by atoms with Crippen LogP contribution in [0, 0.1) is 22.7 Å². The number of ketones is 3. The van der Waals surface area contributed by atoms with E-state index in [0.29, 0.717) is 37.7 Å². The number of hydrogen-bond acceptors (Lipinski definition) is 4. The molecule has 4 heteroatoms. The molecular weight excluding hydrogens is 340 g/mol. The summed E-state index contributed by atoms with van der Waals surface area (Å²) in [7, 11) is 0. The standard InChI is InChI=1S/C23H36O4/c1-6-7-8-9-10-15(20-16(24)11-22(2,3)12-17(20)25)21-18(26)13-23(4,5)14-19(21)27/h15,20,26H,6-14H2,1-5H3. The molecule has 0 bridgehead atoms. The Labute approximate surface area is 163 Å². The van der Waals surface area contributed by atoms with Crippen LogP contribution in [-0.2, 0) is 14.4 Å². The van der Waals surface area contributed by atoms with Crippen LogP contribution in [0.25, 0.3) is 0 Å². The highest BCUT2D eigenvalue weighted by atomic mass is 16.3. The summed E-state index contributed by atoms with van der Waals surface area (Å²) < 4.78 is 0. The van der Waals surface area contributed by atoms with Gasteiger partial charge in [-0.15, -0.1) is 0 Å². The van der Waals surface area contributed by atoms with Gasteiger partial charge >= 0.3 is 0 Å². The lowest BCUT2D eigenvalue weighted by atomic mass is 9.63. The van der Waals surface area contributed by atoms with Crippen molar-refractivity contribution < 1.29 is 19.5 Å². The van der Waals surface area contributed by atoms with Gasteiger partial charge in [-0.2, -0.15) is 0 Å². The lowest BCUT2D eigenvalue weighted by Gasteiger charge is -2.38. The van der Waals surface area contributed by atoms with E-state index in [1.54, 1.807) is 0 Å². The maximum absolute atomic E-state index is 12.9. The zero-order valence-corrected chi connectivity index (χ0v) is 17.7. The molecule has 0 aromatic heterocycles. The molecule has 4 nitrogen and oxygen atoms in total. The first kappa shape index (κ1) is 21.8. The largest absolute Gasteiger partial charge is 0.512 e. The van der Waals surface area contributed by atoms with Crippen molar-refractivity contribution in [2.75, 3.05) is 0 Å². The molecule has 0 aromatic carbocycles. The van der Waals surface area contributed by atoms with Crippen LogP contribution in [0.1, 0.15) is 92.4 Å². The molecular formula is C23H36O4. The minimum absolute atomic E-state index is 0.0605. The van der Waals surface area contributed by atoms with Crippen molar-refractivity contribution in [2.45, 2.75) is 92.4 Å². The summed E-state index contributed by atoms with van der Waals surface area (Å²) in [6, 6.07) is 0. The highest BCUT2D eigenvalue weighted by Crippen LogP contribution is 2.45. The number of carbonyl (C=O) groups is 3. The van der Waals surface area contributed by atoms with Crippen LogP contribution in [0.15, 0.2) is 11.3 Å². The summed E-state index contributed by atoms with van der Waals surface area (Å²) in [4.78, 5) is 38.7. The molecule has 27 heavy (non-hydrogen) atoms. The number of Topliss-reactive ketones (excluding diaryl/α,β-unsaturated/α-hetero) is 3.